The molecule has 0 spiro atoms. The zero-order valence-corrected chi connectivity index (χ0v) is 8.36. The van der Waals surface area contributed by atoms with Crippen LogP contribution in [-0.2, 0) is 11.2 Å². The summed E-state index contributed by atoms with van der Waals surface area (Å²) in [7, 11) is 0. The molecule has 0 aliphatic rings. The smallest absolute Gasteiger partial charge is 0.180 e. The van der Waals surface area contributed by atoms with Crippen LogP contribution >= 0.6 is 0 Å². The topological polar surface area (TPSA) is 43.1 Å². The first-order valence-electron chi connectivity index (χ1n) is 4.63. The van der Waals surface area contributed by atoms with Crippen LogP contribution in [0.25, 0.3) is 0 Å². The molecule has 2 heteroatoms. The van der Waals surface area contributed by atoms with E-state index in [1.165, 1.54) is 0 Å². The zero-order chi connectivity index (χ0) is 10.6. The molecule has 0 aliphatic carbocycles. The van der Waals surface area contributed by atoms with Gasteiger partial charge in [0.2, 0.25) is 0 Å². The van der Waals surface area contributed by atoms with Crippen molar-refractivity contribution >= 4 is 5.78 Å². The standard InChI is InChI=1S/C12H15NO/c1-9(12(14)10(2)13)8-11-6-4-3-5-7-11/h3-7,9H,2,8,13H2,1H3/t9-/m0/s1. The molecule has 0 saturated carbocycles. The molecule has 1 aromatic rings. The molecular formula is C12H15NO. The zero-order valence-electron chi connectivity index (χ0n) is 8.36. The number of benzene rings is 1. The third-order valence-corrected chi connectivity index (χ3v) is 2.15. The van der Waals surface area contributed by atoms with Gasteiger partial charge in [-0.2, -0.15) is 0 Å². The van der Waals surface area contributed by atoms with Crippen LogP contribution in [0.1, 0.15) is 12.5 Å². The van der Waals surface area contributed by atoms with E-state index in [-0.39, 0.29) is 17.4 Å². The van der Waals surface area contributed by atoms with Gasteiger partial charge in [0.1, 0.15) is 0 Å². The second-order valence-electron chi connectivity index (χ2n) is 3.48. The first kappa shape index (κ1) is 10.5. The first-order chi connectivity index (χ1) is 6.61. The predicted molar refractivity (Wildman–Crippen MR) is 57.6 cm³/mol. The highest BCUT2D eigenvalue weighted by Crippen LogP contribution is 2.10. The van der Waals surface area contributed by atoms with Crippen LogP contribution in [0, 0.1) is 5.92 Å². The summed E-state index contributed by atoms with van der Waals surface area (Å²) < 4.78 is 0. The van der Waals surface area contributed by atoms with Crippen molar-refractivity contribution in [1.29, 1.82) is 0 Å². The molecule has 0 unspecified atom stereocenters. The third-order valence-electron chi connectivity index (χ3n) is 2.15. The quantitative estimate of drug-likeness (QED) is 0.735. The van der Waals surface area contributed by atoms with E-state index in [4.69, 9.17) is 5.73 Å². The van der Waals surface area contributed by atoms with E-state index >= 15 is 0 Å². The second kappa shape index (κ2) is 4.61. The molecule has 0 heterocycles. The Bertz CT molecular complexity index is 329. The molecule has 0 fully saturated rings. The SMILES string of the molecule is C=C(N)C(=O)[C@@H](C)Cc1ccccc1. The molecule has 14 heavy (non-hydrogen) atoms. The third kappa shape index (κ3) is 2.73. The molecule has 1 rings (SSSR count). The summed E-state index contributed by atoms with van der Waals surface area (Å²) in [4.78, 5) is 11.4. The average molecular weight is 189 g/mol. The van der Waals surface area contributed by atoms with Crippen molar-refractivity contribution in [1.82, 2.24) is 0 Å². The van der Waals surface area contributed by atoms with Gasteiger partial charge in [-0.25, -0.2) is 0 Å². The lowest BCUT2D eigenvalue weighted by Gasteiger charge is -2.09. The van der Waals surface area contributed by atoms with Gasteiger partial charge in [-0.1, -0.05) is 43.8 Å². The van der Waals surface area contributed by atoms with Gasteiger partial charge in [0.15, 0.2) is 5.78 Å². The highest BCUT2D eigenvalue weighted by Gasteiger charge is 2.14. The van der Waals surface area contributed by atoms with Gasteiger partial charge in [-0.05, 0) is 12.0 Å². The molecule has 2 N–H and O–H groups in total. The highest BCUT2D eigenvalue weighted by molar-refractivity contribution is 5.95. The van der Waals surface area contributed by atoms with Gasteiger partial charge < -0.3 is 5.73 Å². The van der Waals surface area contributed by atoms with E-state index in [9.17, 15) is 4.79 Å². The molecule has 1 atom stereocenters. The van der Waals surface area contributed by atoms with Crippen LogP contribution in [0.2, 0.25) is 0 Å². The Morgan fingerprint density at radius 3 is 2.50 bits per heavy atom. The normalized spacial score (nSPS) is 12.1. The van der Waals surface area contributed by atoms with Gasteiger partial charge in [-0.15, -0.1) is 0 Å². The number of hydrogen-bond acceptors (Lipinski definition) is 2. The number of rotatable bonds is 4. The monoisotopic (exact) mass is 189 g/mol. The average Bonchev–Trinajstić information content (AvgIpc) is 2.18. The minimum Gasteiger partial charge on any atom is -0.396 e. The lowest BCUT2D eigenvalue weighted by Crippen LogP contribution is -2.19. The fourth-order valence-corrected chi connectivity index (χ4v) is 1.38. The van der Waals surface area contributed by atoms with Gasteiger partial charge in [0.05, 0.1) is 5.70 Å². The van der Waals surface area contributed by atoms with Crippen LogP contribution in [0.15, 0.2) is 42.6 Å². The summed E-state index contributed by atoms with van der Waals surface area (Å²) in [6, 6.07) is 9.89. The summed E-state index contributed by atoms with van der Waals surface area (Å²) in [6.45, 7) is 5.31. The molecule has 0 aromatic heterocycles. The molecule has 74 valence electrons. The van der Waals surface area contributed by atoms with Gasteiger partial charge >= 0.3 is 0 Å². The predicted octanol–water partition coefficient (Wildman–Crippen LogP) is 1.91. The van der Waals surface area contributed by atoms with Crippen LogP contribution < -0.4 is 5.73 Å². The number of hydrogen-bond donors (Lipinski definition) is 1. The van der Waals surface area contributed by atoms with Gasteiger partial charge in [0, 0.05) is 5.92 Å². The summed E-state index contributed by atoms with van der Waals surface area (Å²) in [5.41, 5.74) is 6.64. The number of carbonyl (C=O) groups is 1. The maximum Gasteiger partial charge on any atom is 0.180 e. The minimum atomic E-state index is -0.0881. The number of allylic oxidation sites excluding steroid dienone is 1. The minimum absolute atomic E-state index is 0.0612. The summed E-state index contributed by atoms with van der Waals surface area (Å²) >= 11 is 0. The number of carbonyl (C=O) groups excluding carboxylic acids is 1. The van der Waals surface area contributed by atoms with E-state index in [0.717, 1.165) is 12.0 Å². The van der Waals surface area contributed by atoms with Gasteiger partial charge in [-0.3, -0.25) is 4.79 Å². The Morgan fingerprint density at radius 2 is 2.00 bits per heavy atom. The molecule has 0 bridgehead atoms. The van der Waals surface area contributed by atoms with E-state index in [1.807, 2.05) is 37.3 Å². The lowest BCUT2D eigenvalue weighted by atomic mass is 9.96. The van der Waals surface area contributed by atoms with E-state index in [0.29, 0.717) is 0 Å². The Labute approximate surface area is 84.4 Å². The van der Waals surface area contributed by atoms with Crippen molar-refractivity contribution in [3.05, 3.63) is 48.2 Å². The summed E-state index contributed by atoms with van der Waals surface area (Å²) in [6.07, 6.45) is 0.718. The Morgan fingerprint density at radius 1 is 1.43 bits per heavy atom. The lowest BCUT2D eigenvalue weighted by molar-refractivity contribution is -0.118. The molecule has 0 radical (unpaired) electrons. The Hall–Kier alpha value is -1.57. The fourth-order valence-electron chi connectivity index (χ4n) is 1.38. The van der Waals surface area contributed by atoms with E-state index < -0.39 is 0 Å². The maximum absolute atomic E-state index is 11.4. The van der Waals surface area contributed by atoms with Crippen molar-refractivity contribution in [2.75, 3.05) is 0 Å². The number of Topliss-reactive ketones (excluding diaryl/α,β-unsaturated/α-hetero) is 1. The van der Waals surface area contributed by atoms with Crippen LogP contribution in [-0.4, -0.2) is 5.78 Å². The molecule has 0 amide bonds. The highest BCUT2D eigenvalue weighted by atomic mass is 16.1. The van der Waals surface area contributed by atoms with Crippen molar-refractivity contribution in [2.45, 2.75) is 13.3 Å². The maximum atomic E-state index is 11.4. The Balaban J connectivity index is 2.62. The van der Waals surface area contributed by atoms with Crippen molar-refractivity contribution in [3.8, 4) is 0 Å². The van der Waals surface area contributed by atoms with Crippen LogP contribution in [0.4, 0.5) is 0 Å². The van der Waals surface area contributed by atoms with E-state index in [1.54, 1.807) is 0 Å². The molecule has 2 nitrogen and oxygen atoms in total. The Kier molecular flexibility index (Phi) is 3.46. The molecule has 1 aromatic carbocycles. The molecular weight excluding hydrogens is 174 g/mol. The van der Waals surface area contributed by atoms with Crippen molar-refractivity contribution < 1.29 is 4.79 Å². The van der Waals surface area contributed by atoms with Crippen LogP contribution in [0.5, 0.6) is 0 Å². The molecule has 0 saturated heterocycles. The first-order valence-corrected chi connectivity index (χ1v) is 4.63. The van der Waals surface area contributed by atoms with Gasteiger partial charge in [0.25, 0.3) is 0 Å². The molecule has 0 aliphatic heterocycles. The van der Waals surface area contributed by atoms with Crippen molar-refractivity contribution in [3.63, 3.8) is 0 Å². The number of ketones is 1. The van der Waals surface area contributed by atoms with Crippen LogP contribution in [0.3, 0.4) is 0 Å². The number of nitrogens with two attached hydrogens (primary N) is 1. The second-order valence-corrected chi connectivity index (χ2v) is 3.48. The van der Waals surface area contributed by atoms with E-state index in [2.05, 4.69) is 6.58 Å². The largest absolute Gasteiger partial charge is 0.396 e. The summed E-state index contributed by atoms with van der Waals surface area (Å²) in [5, 5.41) is 0. The fraction of sp³-hybridized carbons (Fsp3) is 0.250. The van der Waals surface area contributed by atoms with Crippen molar-refractivity contribution in [2.24, 2.45) is 11.7 Å². The summed E-state index contributed by atoms with van der Waals surface area (Å²) in [5.74, 6) is -0.149.